The van der Waals surface area contributed by atoms with Crippen molar-refractivity contribution in [1.82, 2.24) is 10.6 Å². The minimum Gasteiger partial charge on any atom is -0.480 e. The Hall–Kier alpha value is -3.35. The molecular weight excluding hydrogens is 432 g/mol. The van der Waals surface area contributed by atoms with E-state index >= 15 is 0 Å². The summed E-state index contributed by atoms with van der Waals surface area (Å²) < 4.78 is 5.60. The van der Waals surface area contributed by atoms with E-state index in [2.05, 4.69) is 34.9 Å². The van der Waals surface area contributed by atoms with Crippen molar-refractivity contribution in [3.8, 4) is 11.1 Å². The molecule has 0 radical (unpaired) electrons. The largest absolute Gasteiger partial charge is 0.480 e. The molecule has 0 saturated heterocycles. The lowest BCUT2D eigenvalue weighted by Crippen LogP contribution is -2.48. The second-order valence-electron chi connectivity index (χ2n) is 9.29. The second kappa shape index (κ2) is 11.2. The zero-order valence-electron chi connectivity index (χ0n) is 20.2. The van der Waals surface area contributed by atoms with E-state index in [1.54, 1.807) is 6.92 Å². The molecule has 7 heteroatoms. The normalized spacial score (nSPS) is 15.1. The van der Waals surface area contributed by atoms with Gasteiger partial charge in [-0.3, -0.25) is 4.79 Å². The van der Waals surface area contributed by atoms with Crippen LogP contribution < -0.4 is 10.6 Å². The summed E-state index contributed by atoms with van der Waals surface area (Å²) in [5.74, 6) is -1.77. The number of ether oxygens (including phenoxy) is 1. The topological polar surface area (TPSA) is 105 Å². The molecule has 3 atom stereocenters. The minimum absolute atomic E-state index is 0.0257. The minimum atomic E-state index is -1.06. The van der Waals surface area contributed by atoms with Crippen LogP contribution >= 0.6 is 0 Å². The third-order valence-electron chi connectivity index (χ3n) is 6.65. The molecule has 34 heavy (non-hydrogen) atoms. The van der Waals surface area contributed by atoms with Gasteiger partial charge in [-0.05, 0) is 34.1 Å². The van der Waals surface area contributed by atoms with E-state index in [1.165, 1.54) is 0 Å². The van der Waals surface area contributed by atoms with Gasteiger partial charge in [0.15, 0.2) is 0 Å². The smallest absolute Gasteiger partial charge is 0.407 e. The molecular formula is C27H34N2O5. The van der Waals surface area contributed by atoms with Gasteiger partial charge >= 0.3 is 12.1 Å². The lowest BCUT2D eigenvalue weighted by Gasteiger charge is -2.25. The molecule has 0 aromatic heterocycles. The molecule has 3 rings (SSSR count). The molecule has 0 spiro atoms. The lowest BCUT2D eigenvalue weighted by molar-refractivity contribution is -0.143. The molecule has 2 amide bonds. The van der Waals surface area contributed by atoms with E-state index < -0.39 is 30.1 Å². The molecule has 1 aliphatic rings. The highest BCUT2D eigenvalue weighted by atomic mass is 16.5. The van der Waals surface area contributed by atoms with Crippen LogP contribution in [0.2, 0.25) is 0 Å². The molecule has 2 unspecified atom stereocenters. The number of carbonyl (C=O) groups excluding carboxylic acids is 2. The number of nitrogens with one attached hydrogen (secondary N) is 2. The van der Waals surface area contributed by atoms with Gasteiger partial charge in [0.25, 0.3) is 0 Å². The number of rotatable bonds is 10. The van der Waals surface area contributed by atoms with Gasteiger partial charge < -0.3 is 20.5 Å². The van der Waals surface area contributed by atoms with Crippen molar-refractivity contribution in [2.24, 2.45) is 11.8 Å². The molecule has 2 aromatic carbocycles. The van der Waals surface area contributed by atoms with Gasteiger partial charge in [0.2, 0.25) is 5.91 Å². The molecule has 2 aromatic rings. The first-order valence-corrected chi connectivity index (χ1v) is 11.9. The predicted molar refractivity (Wildman–Crippen MR) is 130 cm³/mol. The van der Waals surface area contributed by atoms with Crippen molar-refractivity contribution in [3.63, 3.8) is 0 Å². The molecule has 0 bridgehead atoms. The van der Waals surface area contributed by atoms with Crippen LogP contribution in [0.25, 0.3) is 11.1 Å². The van der Waals surface area contributed by atoms with Crippen molar-refractivity contribution in [1.29, 1.82) is 0 Å². The van der Waals surface area contributed by atoms with Crippen molar-refractivity contribution in [2.45, 2.75) is 58.5 Å². The van der Waals surface area contributed by atoms with Crippen molar-refractivity contribution in [3.05, 3.63) is 59.7 Å². The summed E-state index contributed by atoms with van der Waals surface area (Å²) in [6.07, 6.45) is 0.00959. The zero-order chi connectivity index (χ0) is 24.8. The lowest BCUT2D eigenvalue weighted by atomic mass is 9.97. The number of hydrogen-bond acceptors (Lipinski definition) is 4. The van der Waals surface area contributed by atoms with E-state index in [1.807, 2.05) is 45.0 Å². The van der Waals surface area contributed by atoms with E-state index in [9.17, 15) is 19.5 Å². The molecule has 1 aliphatic carbocycles. The number of alkyl carbamates (subject to hydrolysis) is 1. The molecule has 7 nitrogen and oxygen atoms in total. The Morgan fingerprint density at radius 2 is 1.50 bits per heavy atom. The SMILES string of the molecule is CCC(C)[C@H](NC(=O)CC(NC(=O)OCC1c2ccccc2-c2ccccc21)C(C)C)C(=O)O. The number of benzene rings is 2. The van der Waals surface area contributed by atoms with Crippen LogP contribution in [-0.2, 0) is 14.3 Å². The summed E-state index contributed by atoms with van der Waals surface area (Å²) >= 11 is 0. The van der Waals surface area contributed by atoms with Crippen LogP contribution in [0.5, 0.6) is 0 Å². The fraction of sp³-hybridized carbons (Fsp3) is 0.444. The number of hydrogen-bond donors (Lipinski definition) is 3. The number of aliphatic carboxylic acids is 1. The fourth-order valence-corrected chi connectivity index (χ4v) is 4.36. The van der Waals surface area contributed by atoms with Crippen molar-refractivity contribution < 1.29 is 24.2 Å². The van der Waals surface area contributed by atoms with Crippen LogP contribution in [0.15, 0.2) is 48.5 Å². The highest BCUT2D eigenvalue weighted by molar-refractivity contribution is 5.84. The van der Waals surface area contributed by atoms with Crippen molar-refractivity contribution in [2.75, 3.05) is 6.61 Å². The van der Waals surface area contributed by atoms with Crippen LogP contribution in [-0.4, -0.2) is 41.8 Å². The number of carboxylic acid groups (broad SMARTS) is 1. The average Bonchev–Trinajstić information content (AvgIpc) is 3.13. The summed E-state index contributed by atoms with van der Waals surface area (Å²) in [4.78, 5) is 36.7. The summed E-state index contributed by atoms with van der Waals surface area (Å²) in [6.45, 7) is 7.64. The molecule has 0 saturated carbocycles. The first kappa shape index (κ1) is 25.3. The van der Waals surface area contributed by atoms with E-state index in [0.717, 1.165) is 22.3 Å². The van der Waals surface area contributed by atoms with Gasteiger partial charge in [-0.15, -0.1) is 0 Å². The molecule has 0 aliphatic heterocycles. The maximum Gasteiger partial charge on any atom is 0.407 e. The average molecular weight is 467 g/mol. The van der Waals surface area contributed by atoms with E-state index in [0.29, 0.717) is 6.42 Å². The Morgan fingerprint density at radius 1 is 0.941 bits per heavy atom. The van der Waals surface area contributed by atoms with Gasteiger partial charge in [-0.2, -0.15) is 0 Å². The number of amides is 2. The zero-order valence-corrected chi connectivity index (χ0v) is 20.2. The van der Waals surface area contributed by atoms with Gasteiger partial charge in [0.1, 0.15) is 12.6 Å². The Balaban J connectivity index is 1.60. The van der Waals surface area contributed by atoms with Crippen molar-refractivity contribution >= 4 is 18.0 Å². The van der Waals surface area contributed by atoms with Crippen LogP contribution in [0.4, 0.5) is 4.79 Å². The van der Waals surface area contributed by atoms with Crippen LogP contribution in [0, 0.1) is 11.8 Å². The summed E-state index contributed by atoms with van der Waals surface area (Å²) in [5, 5.41) is 14.8. The summed E-state index contributed by atoms with van der Waals surface area (Å²) in [5.41, 5.74) is 4.55. The molecule has 0 fully saturated rings. The first-order valence-electron chi connectivity index (χ1n) is 11.9. The third-order valence-corrected chi connectivity index (χ3v) is 6.65. The number of carbonyl (C=O) groups is 3. The number of carboxylic acids is 1. The molecule has 0 heterocycles. The van der Waals surface area contributed by atoms with Crippen LogP contribution in [0.3, 0.4) is 0 Å². The quantitative estimate of drug-likeness (QED) is 0.476. The maximum absolute atomic E-state index is 12.6. The molecule has 3 N–H and O–H groups in total. The van der Waals surface area contributed by atoms with Gasteiger partial charge in [-0.1, -0.05) is 82.6 Å². The Kier molecular flexibility index (Phi) is 8.31. The van der Waals surface area contributed by atoms with E-state index in [4.69, 9.17) is 4.74 Å². The summed E-state index contributed by atoms with van der Waals surface area (Å²) in [7, 11) is 0. The Labute approximate surface area is 200 Å². The summed E-state index contributed by atoms with van der Waals surface area (Å²) in [6, 6.07) is 14.8. The fourth-order valence-electron chi connectivity index (χ4n) is 4.36. The van der Waals surface area contributed by atoms with Gasteiger partial charge in [-0.25, -0.2) is 9.59 Å². The number of fused-ring (bicyclic) bond motifs is 3. The monoisotopic (exact) mass is 466 g/mol. The standard InChI is InChI=1S/C27H34N2O5/c1-5-17(4)25(26(31)32)29-24(30)14-23(16(2)3)28-27(33)34-15-22-20-12-8-6-10-18(20)19-11-7-9-13-21(19)22/h6-13,16-17,22-23,25H,5,14-15H2,1-4H3,(H,28,33)(H,29,30)(H,31,32)/t17?,23?,25-/m0/s1. The highest BCUT2D eigenvalue weighted by Crippen LogP contribution is 2.44. The predicted octanol–water partition coefficient (Wildman–Crippen LogP) is 4.56. The second-order valence-corrected chi connectivity index (χ2v) is 9.29. The Bertz CT molecular complexity index is 990. The molecule has 182 valence electrons. The Morgan fingerprint density at radius 3 is 2.00 bits per heavy atom. The van der Waals surface area contributed by atoms with E-state index in [-0.39, 0.29) is 30.8 Å². The van der Waals surface area contributed by atoms with Gasteiger partial charge in [0, 0.05) is 18.4 Å². The first-order chi connectivity index (χ1) is 16.2. The maximum atomic E-state index is 12.6. The van der Waals surface area contributed by atoms with Gasteiger partial charge in [0.05, 0.1) is 0 Å². The highest BCUT2D eigenvalue weighted by Gasteiger charge is 2.30. The third kappa shape index (κ3) is 5.76. The van der Waals surface area contributed by atoms with Crippen LogP contribution in [0.1, 0.15) is 57.6 Å².